The summed E-state index contributed by atoms with van der Waals surface area (Å²) >= 11 is 5.99. The Morgan fingerprint density at radius 3 is 2.83 bits per heavy atom. The van der Waals surface area contributed by atoms with Gasteiger partial charge in [0.25, 0.3) is 0 Å². The van der Waals surface area contributed by atoms with Crippen molar-refractivity contribution in [1.29, 1.82) is 0 Å². The molecular weight excluding hydrogens is 328 g/mol. The Morgan fingerprint density at radius 1 is 1.38 bits per heavy atom. The zero-order chi connectivity index (χ0) is 17.0. The minimum Gasteiger partial charge on any atom is -0.486 e. The number of carbonyl (C=O) groups excluding carboxylic acids is 1. The van der Waals surface area contributed by atoms with Crippen molar-refractivity contribution >= 4 is 23.3 Å². The van der Waals surface area contributed by atoms with Crippen LogP contribution < -0.4 is 20.3 Å². The Kier molecular flexibility index (Phi) is 4.99. The molecule has 1 aliphatic heterocycles. The standard InChI is InChI=1S/C17H19ClN4O2/c18-13-3-5-14(6-4-13)22(17(19)23)9-8-21-10-15(22)12-24-16-2-1-7-20-11-16/h1-7,11,15,21H,8-10,12H2,(H-,19,23)/p+1. The Balaban J connectivity index is 1.89. The molecule has 3 N–H and O–H groups in total. The topological polar surface area (TPSA) is 77.2 Å². The number of halogens is 1. The van der Waals surface area contributed by atoms with Crippen LogP contribution in [0.25, 0.3) is 0 Å². The van der Waals surface area contributed by atoms with Crippen LogP contribution in [-0.4, -0.2) is 43.3 Å². The van der Waals surface area contributed by atoms with Gasteiger partial charge in [-0.25, -0.2) is 9.28 Å². The molecule has 24 heavy (non-hydrogen) atoms. The van der Waals surface area contributed by atoms with Gasteiger partial charge in [0, 0.05) is 29.9 Å². The number of nitrogens with one attached hydrogen (secondary N) is 1. The fourth-order valence-electron chi connectivity index (χ4n) is 3.14. The van der Waals surface area contributed by atoms with Crippen molar-refractivity contribution in [3.63, 3.8) is 0 Å². The van der Waals surface area contributed by atoms with Gasteiger partial charge in [-0.05, 0) is 24.3 Å². The third-order valence-electron chi connectivity index (χ3n) is 4.40. The molecule has 2 unspecified atom stereocenters. The van der Waals surface area contributed by atoms with Crippen LogP contribution in [0.2, 0.25) is 5.02 Å². The summed E-state index contributed by atoms with van der Waals surface area (Å²) in [7, 11) is 0. The molecule has 0 saturated carbocycles. The first kappa shape index (κ1) is 16.7. The molecule has 3 rings (SSSR count). The van der Waals surface area contributed by atoms with E-state index >= 15 is 0 Å². The molecule has 0 radical (unpaired) electrons. The predicted octanol–water partition coefficient (Wildman–Crippen LogP) is 2.17. The fraction of sp³-hybridized carbons (Fsp3) is 0.294. The molecular formula is C17H20ClN4O2+. The van der Waals surface area contributed by atoms with E-state index in [2.05, 4.69) is 10.3 Å². The summed E-state index contributed by atoms with van der Waals surface area (Å²) in [6.07, 6.45) is 3.34. The smallest absolute Gasteiger partial charge is 0.419 e. The lowest BCUT2D eigenvalue weighted by molar-refractivity contribution is 0.132. The van der Waals surface area contributed by atoms with Crippen molar-refractivity contribution in [3.05, 3.63) is 53.8 Å². The fourth-order valence-corrected chi connectivity index (χ4v) is 3.26. The zero-order valence-corrected chi connectivity index (χ0v) is 13.9. The summed E-state index contributed by atoms with van der Waals surface area (Å²) in [6, 6.07) is 10.4. The molecule has 1 fully saturated rings. The average Bonchev–Trinajstić information content (AvgIpc) is 2.61. The van der Waals surface area contributed by atoms with Crippen LogP contribution >= 0.6 is 11.6 Å². The quantitative estimate of drug-likeness (QED) is 0.831. The van der Waals surface area contributed by atoms with Gasteiger partial charge >= 0.3 is 6.03 Å². The normalized spacial score (nSPS) is 23.6. The molecule has 126 valence electrons. The van der Waals surface area contributed by atoms with Crippen LogP contribution in [0, 0.1) is 0 Å². The number of nitrogens with zero attached hydrogens (tertiary/aromatic N) is 2. The second kappa shape index (κ2) is 7.17. The first-order valence-corrected chi connectivity index (χ1v) is 8.18. The highest BCUT2D eigenvalue weighted by molar-refractivity contribution is 6.30. The van der Waals surface area contributed by atoms with Crippen molar-refractivity contribution in [2.75, 3.05) is 26.2 Å². The SMILES string of the molecule is NC(=O)[N+]1(c2ccc(Cl)cc2)CCNCC1COc1cccnc1. The highest BCUT2D eigenvalue weighted by atomic mass is 35.5. The third kappa shape index (κ3) is 3.21. The molecule has 0 spiro atoms. The molecule has 2 amide bonds. The van der Waals surface area contributed by atoms with E-state index in [9.17, 15) is 4.79 Å². The van der Waals surface area contributed by atoms with E-state index in [1.807, 2.05) is 24.3 Å². The summed E-state index contributed by atoms with van der Waals surface area (Å²) in [5.41, 5.74) is 6.66. The van der Waals surface area contributed by atoms with Gasteiger partial charge in [0.1, 0.15) is 30.6 Å². The van der Waals surface area contributed by atoms with Crippen LogP contribution in [0.1, 0.15) is 0 Å². The van der Waals surface area contributed by atoms with Crippen molar-refractivity contribution in [2.24, 2.45) is 5.73 Å². The summed E-state index contributed by atoms with van der Waals surface area (Å²) in [5.74, 6) is 0.668. The van der Waals surface area contributed by atoms with Crippen molar-refractivity contribution in [1.82, 2.24) is 14.8 Å². The number of quaternary nitrogens is 1. The van der Waals surface area contributed by atoms with Crippen LogP contribution in [-0.2, 0) is 0 Å². The molecule has 1 aliphatic rings. The molecule has 1 aromatic carbocycles. The maximum atomic E-state index is 12.4. The van der Waals surface area contributed by atoms with Gasteiger partial charge in [-0.1, -0.05) is 11.6 Å². The second-order valence-electron chi connectivity index (χ2n) is 5.76. The van der Waals surface area contributed by atoms with Crippen molar-refractivity contribution in [2.45, 2.75) is 6.04 Å². The first-order chi connectivity index (χ1) is 11.6. The lowest BCUT2D eigenvalue weighted by Gasteiger charge is -2.43. The van der Waals surface area contributed by atoms with Crippen LogP contribution in [0.15, 0.2) is 48.8 Å². The summed E-state index contributed by atoms with van der Waals surface area (Å²) in [6.45, 7) is 2.25. The Hall–Kier alpha value is -2.15. The van der Waals surface area contributed by atoms with Gasteiger partial charge in [-0.15, -0.1) is 0 Å². The number of nitrogens with two attached hydrogens (primary N) is 1. The Labute approximate surface area is 145 Å². The van der Waals surface area contributed by atoms with E-state index in [4.69, 9.17) is 22.1 Å². The minimum absolute atomic E-state index is 0.0461. The number of aromatic nitrogens is 1. The molecule has 2 aromatic rings. The maximum Gasteiger partial charge on any atom is 0.419 e. The average molecular weight is 348 g/mol. The Bertz CT molecular complexity index is 695. The number of carbonyl (C=O) groups is 1. The van der Waals surface area contributed by atoms with Crippen LogP contribution in [0.5, 0.6) is 5.75 Å². The minimum atomic E-state index is -0.390. The molecule has 1 aromatic heterocycles. The van der Waals surface area contributed by atoms with Crippen LogP contribution in [0.4, 0.5) is 10.5 Å². The van der Waals surface area contributed by atoms with Gasteiger partial charge < -0.3 is 15.8 Å². The third-order valence-corrected chi connectivity index (χ3v) is 4.65. The van der Waals surface area contributed by atoms with E-state index in [-0.39, 0.29) is 10.5 Å². The molecule has 7 heteroatoms. The van der Waals surface area contributed by atoms with Crippen molar-refractivity contribution < 1.29 is 9.53 Å². The van der Waals surface area contributed by atoms with E-state index in [1.165, 1.54) is 0 Å². The van der Waals surface area contributed by atoms with E-state index in [0.717, 1.165) is 5.69 Å². The maximum absolute atomic E-state index is 12.4. The monoisotopic (exact) mass is 347 g/mol. The van der Waals surface area contributed by atoms with Gasteiger partial charge in [0.2, 0.25) is 0 Å². The number of rotatable bonds is 4. The zero-order valence-electron chi connectivity index (χ0n) is 13.2. The lowest BCUT2D eigenvalue weighted by atomic mass is 10.1. The number of hydrogen-bond donors (Lipinski definition) is 2. The first-order valence-electron chi connectivity index (χ1n) is 7.80. The van der Waals surface area contributed by atoms with Gasteiger partial charge in [0.05, 0.1) is 12.7 Å². The molecule has 6 nitrogen and oxygen atoms in total. The number of urea groups is 1. The highest BCUT2D eigenvalue weighted by Crippen LogP contribution is 2.30. The summed E-state index contributed by atoms with van der Waals surface area (Å²) < 4.78 is 5.89. The van der Waals surface area contributed by atoms with E-state index in [1.54, 1.807) is 24.5 Å². The molecule has 1 saturated heterocycles. The van der Waals surface area contributed by atoms with E-state index < -0.39 is 6.03 Å². The molecule has 2 atom stereocenters. The predicted molar refractivity (Wildman–Crippen MR) is 94.1 cm³/mol. The highest BCUT2D eigenvalue weighted by Gasteiger charge is 2.47. The number of primary amides is 1. The number of benzene rings is 1. The molecule has 0 aliphatic carbocycles. The summed E-state index contributed by atoms with van der Waals surface area (Å²) in [4.78, 5) is 16.5. The molecule has 2 heterocycles. The number of ether oxygens (including phenoxy) is 1. The largest absolute Gasteiger partial charge is 0.486 e. The van der Waals surface area contributed by atoms with Crippen LogP contribution in [0.3, 0.4) is 0 Å². The summed E-state index contributed by atoms with van der Waals surface area (Å²) in [5, 5.41) is 3.94. The van der Waals surface area contributed by atoms with Gasteiger partial charge in [-0.2, -0.15) is 0 Å². The number of pyridine rings is 1. The van der Waals surface area contributed by atoms with Gasteiger partial charge in [0.15, 0.2) is 0 Å². The number of hydrogen-bond acceptors (Lipinski definition) is 4. The second-order valence-corrected chi connectivity index (χ2v) is 6.20. The lowest BCUT2D eigenvalue weighted by Crippen LogP contribution is -2.72. The molecule has 0 bridgehead atoms. The number of piperazine rings is 1. The van der Waals surface area contributed by atoms with Gasteiger partial charge in [-0.3, -0.25) is 4.98 Å². The number of amides is 2. The Morgan fingerprint density at radius 2 is 2.17 bits per heavy atom. The van der Waals surface area contributed by atoms with Crippen molar-refractivity contribution in [3.8, 4) is 5.75 Å². The van der Waals surface area contributed by atoms with E-state index in [0.29, 0.717) is 37.0 Å².